The Morgan fingerprint density at radius 1 is 0.724 bits per heavy atom. The second-order valence-corrected chi connectivity index (χ2v) is 8.94. The van der Waals surface area contributed by atoms with Crippen LogP contribution < -0.4 is 4.67 Å². The van der Waals surface area contributed by atoms with Crippen LogP contribution in [0.5, 0.6) is 0 Å². The molecule has 0 saturated carbocycles. The smallest absolute Gasteiger partial charge is 0.309 e. The molecule has 4 heteroatoms. The number of hydrogen-bond acceptors (Lipinski definition) is 3. The monoisotopic (exact) mass is 401 g/mol. The predicted molar refractivity (Wildman–Crippen MR) is 125 cm³/mol. The molecule has 0 spiro atoms. The zero-order valence-corrected chi connectivity index (χ0v) is 17.8. The molecule has 4 aromatic carbocycles. The molecule has 3 nitrogen and oxygen atoms in total. The first-order chi connectivity index (χ1) is 14.2. The quantitative estimate of drug-likeness (QED) is 0.307. The van der Waals surface area contributed by atoms with Gasteiger partial charge in [-0.15, -0.1) is 0 Å². The van der Waals surface area contributed by atoms with Crippen molar-refractivity contribution in [3.63, 3.8) is 0 Å². The molecule has 0 aliphatic carbocycles. The van der Waals surface area contributed by atoms with Gasteiger partial charge in [-0.2, -0.15) is 0 Å². The topological polar surface area (TPSA) is 29.5 Å². The van der Waals surface area contributed by atoms with Gasteiger partial charge in [0.25, 0.3) is 0 Å². The second kappa shape index (κ2) is 7.26. The van der Waals surface area contributed by atoms with Crippen LogP contribution in [0.25, 0.3) is 43.5 Å². The predicted octanol–water partition coefficient (Wildman–Crippen LogP) is 7.96. The van der Waals surface area contributed by atoms with Crippen molar-refractivity contribution < 1.29 is 8.39 Å². The zero-order chi connectivity index (χ0) is 20.0. The Labute approximate surface area is 171 Å². The third-order valence-corrected chi connectivity index (χ3v) is 7.38. The molecular formula is C25H24NO2P. The minimum atomic E-state index is -1.25. The number of fused-ring (bicyclic) bond motifs is 7. The van der Waals surface area contributed by atoms with Gasteiger partial charge in [0.1, 0.15) is 11.2 Å². The Balaban J connectivity index is 2.08. The molecule has 0 fully saturated rings. The molecule has 29 heavy (non-hydrogen) atoms. The molecule has 0 atom stereocenters. The lowest BCUT2D eigenvalue weighted by molar-refractivity contribution is 0.604. The third kappa shape index (κ3) is 3.02. The van der Waals surface area contributed by atoms with E-state index in [0.29, 0.717) is 6.04 Å². The van der Waals surface area contributed by atoms with Crippen molar-refractivity contribution in [1.82, 2.24) is 0 Å². The lowest BCUT2D eigenvalue weighted by Crippen LogP contribution is -2.27. The normalized spacial score (nSPS) is 12.0. The standard InChI is InChI=1S/C25H24NO2P/c1-4-26(17(2)3)29-27-22-15-13-18-9-5-7-11-20(18)24(22)25-21-12-8-6-10-19(21)14-16-23(25)28-29/h5-17H,4H2,1-3H3. The minimum absolute atomic E-state index is 0.331. The van der Waals surface area contributed by atoms with Crippen LogP contribution in [0.2, 0.25) is 0 Å². The Morgan fingerprint density at radius 3 is 1.66 bits per heavy atom. The lowest BCUT2D eigenvalue weighted by Gasteiger charge is -2.20. The van der Waals surface area contributed by atoms with Gasteiger partial charge in [-0.25, -0.2) is 4.67 Å². The van der Waals surface area contributed by atoms with Crippen molar-refractivity contribution in [2.24, 2.45) is 0 Å². The Hall–Kier alpha value is -2.74. The van der Waals surface area contributed by atoms with Crippen LogP contribution in [0.3, 0.4) is 0 Å². The van der Waals surface area contributed by atoms with E-state index in [1.807, 2.05) is 0 Å². The van der Waals surface area contributed by atoms with Crippen molar-refractivity contribution in [2.75, 3.05) is 11.2 Å². The molecule has 5 aromatic rings. The van der Waals surface area contributed by atoms with Crippen LogP contribution in [0.1, 0.15) is 20.8 Å². The molecule has 1 aromatic heterocycles. The number of benzene rings is 4. The van der Waals surface area contributed by atoms with Crippen LogP contribution in [0.15, 0.2) is 81.2 Å². The van der Waals surface area contributed by atoms with Gasteiger partial charge in [0.05, 0.1) is 0 Å². The van der Waals surface area contributed by atoms with Crippen LogP contribution in [0, 0.1) is 0 Å². The van der Waals surface area contributed by atoms with Gasteiger partial charge in [-0.05, 0) is 47.5 Å². The van der Waals surface area contributed by atoms with Gasteiger partial charge >= 0.3 is 8.16 Å². The highest BCUT2D eigenvalue weighted by Gasteiger charge is 2.18. The van der Waals surface area contributed by atoms with Gasteiger partial charge in [0.15, 0.2) is 0 Å². The van der Waals surface area contributed by atoms with Crippen LogP contribution in [0.4, 0.5) is 0 Å². The summed E-state index contributed by atoms with van der Waals surface area (Å²) in [7, 11) is -1.25. The molecule has 0 aliphatic rings. The summed E-state index contributed by atoms with van der Waals surface area (Å²) in [4.78, 5) is 0. The van der Waals surface area contributed by atoms with Crippen molar-refractivity contribution in [1.29, 1.82) is 0 Å². The Kier molecular flexibility index (Phi) is 4.58. The van der Waals surface area contributed by atoms with Crippen molar-refractivity contribution in [3.05, 3.63) is 72.8 Å². The number of hydrogen-bond donors (Lipinski definition) is 0. The largest absolute Gasteiger partial charge is 0.408 e. The molecule has 0 aliphatic heterocycles. The van der Waals surface area contributed by atoms with E-state index in [9.17, 15) is 0 Å². The first-order valence-corrected chi connectivity index (χ1v) is 11.3. The summed E-state index contributed by atoms with van der Waals surface area (Å²) in [5.74, 6) is 0. The molecule has 0 unspecified atom stereocenters. The SMILES string of the molecule is CCN(C(C)C)p1oc2ccc3ccccc3c2c2c(ccc3ccccc32)o1. The average molecular weight is 401 g/mol. The molecule has 1 heterocycles. The first kappa shape index (κ1) is 18.3. The Bertz CT molecular complexity index is 1290. The van der Waals surface area contributed by atoms with Crippen LogP contribution in [-0.4, -0.2) is 12.6 Å². The van der Waals surface area contributed by atoms with Crippen LogP contribution >= 0.6 is 8.16 Å². The van der Waals surface area contributed by atoms with Crippen molar-refractivity contribution >= 4 is 51.6 Å². The maximum absolute atomic E-state index is 6.58. The molecule has 0 bridgehead atoms. The molecule has 5 rings (SSSR count). The van der Waals surface area contributed by atoms with E-state index in [2.05, 4.69) is 98.2 Å². The maximum Gasteiger partial charge on any atom is 0.309 e. The van der Waals surface area contributed by atoms with E-state index in [4.69, 9.17) is 8.39 Å². The molecule has 146 valence electrons. The minimum Gasteiger partial charge on any atom is -0.408 e. The fraction of sp³-hybridized carbons (Fsp3) is 0.200. The van der Waals surface area contributed by atoms with Crippen LogP contribution in [-0.2, 0) is 0 Å². The van der Waals surface area contributed by atoms with E-state index >= 15 is 0 Å². The highest BCUT2D eigenvalue weighted by Crippen LogP contribution is 2.42. The summed E-state index contributed by atoms with van der Waals surface area (Å²) in [5, 5.41) is 7.04. The van der Waals surface area contributed by atoms with Gasteiger partial charge in [-0.1, -0.05) is 67.6 Å². The lowest BCUT2D eigenvalue weighted by atomic mass is 9.99. The summed E-state index contributed by atoms with van der Waals surface area (Å²) in [6.45, 7) is 7.40. The highest BCUT2D eigenvalue weighted by atomic mass is 31.1. The van der Waals surface area contributed by atoms with Gasteiger partial charge in [-0.3, -0.25) is 0 Å². The van der Waals surface area contributed by atoms with Crippen molar-refractivity contribution in [3.8, 4) is 0 Å². The summed E-state index contributed by atoms with van der Waals surface area (Å²) in [6, 6.07) is 25.8. The zero-order valence-electron chi connectivity index (χ0n) is 16.9. The summed E-state index contributed by atoms with van der Waals surface area (Å²) in [5.41, 5.74) is 1.79. The molecule has 0 N–H and O–H groups in total. The summed E-state index contributed by atoms with van der Waals surface area (Å²) < 4.78 is 15.4. The van der Waals surface area contributed by atoms with Gasteiger partial charge in [0, 0.05) is 23.4 Å². The summed E-state index contributed by atoms with van der Waals surface area (Å²) >= 11 is 0. The van der Waals surface area contributed by atoms with E-state index in [1.54, 1.807) is 0 Å². The number of nitrogens with zero attached hydrogens (tertiary/aromatic N) is 1. The third-order valence-electron chi connectivity index (χ3n) is 5.51. The highest BCUT2D eigenvalue weighted by molar-refractivity contribution is 7.39. The fourth-order valence-corrected chi connectivity index (χ4v) is 5.63. The van der Waals surface area contributed by atoms with E-state index in [0.717, 1.165) is 28.5 Å². The Morgan fingerprint density at radius 2 is 1.21 bits per heavy atom. The van der Waals surface area contributed by atoms with E-state index < -0.39 is 8.16 Å². The second-order valence-electron chi connectivity index (χ2n) is 7.59. The van der Waals surface area contributed by atoms with Gasteiger partial charge < -0.3 is 8.39 Å². The maximum atomic E-state index is 6.58. The molecule has 0 amide bonds. The molecule has 0 radical (unpaired) electrons. The fourth-order valence-electron chi connectivity index (χ4n) is 4.13. The molecule has 0 saturated heterocycles. The molecular weight excluding hydrogens is 377 g/mol. The average Bonchev–Trinajstić information content (AvgIpc) is 2.91. The van der Waals surface area contributed by atoms with E-state index in [-0.39, 0.29) is 0 Å². The van der Waals surface area contributed by atoms with Gasteiger partial charge in [0.2, 0.25) is 0 Å². The number of rotatable bonds is 3. The van der Waals surface area contributed by atoms with Crippen molar-refractivity contribution in [2.45, 2.75) is 26.8 Å². The first-order valence-electron chi connectivity index (χ1n) is 10.1. The van der Waals surface area contributed by atoms with E-state index in [1.165, 1.54) is 21.5 Å². The summed E-state index contributed by atoms with van der Waals surface area (Å²) in [6.07, 6.45) is 0.